The number of rotatable bonds is 5. The second kappa shape index (κ2) is 9.54. The normalized spacial score (nSPS) is 27.3. The molecule has 0 aromatic rings. The van der Waals surface area contributed by atoms with Crippen LogP contribution in [0, 0.1) is 17.8 Å². The van der Waals surface area contributed by atoms with E-state index in [-0.39, 0.29) is 23.9 Å². The highest BCUT2D eigenvalue weighted by Crippen LogP contribution is 2.38. The standard InChI is InChI=1S/C22H36N2O6/c1-22(2,3)30-20(26)17-8-5-15(13-18(17)19(25)28-4)14-24(16-6-7-16)21(27)23-9-11-29-12-10-23/h15-18H,5-14H2,1-4H3/t15?,17-,18-/m0/s1. The summed E-state index contributed by atoms with van der Waals surface area (Å²) >= 11 is 0. The van der Waals surface area contributed by atoms with Gasteiger partial charge >= 0.3 is 18.0 Å². The van der Waals surface area contributed by atoms with Crippen LogP contribution in [0.4, 0.5) is 4.79 Å². The summed E-state index contributed by atoms with van der Waals surface area (Å²) in [7, 11) is 1.36. The number of hydrogen-bond acceptors (Lipinski definition) is 6. The van der Waals surface area contributed by atoms with Crippen molar-refractivity contribution < 1.29 is 28.6 Å². The molecule has 1 unspecified atom stereocenters. The molecule has 170 valence electrons. The molecular weight excluding hydrogens is 388 g/mol. The van der Waals surface area contributed by atoms with Crippen LogP contribution in [0.25, 0.3) is 0 Å². The predicted octanol–water partition coefficient (Wildman–Crippen LogP) is 2.45. The van der Waals surface area contributed by atoms with Gasteiger partial charge < -0.3 is 24.0 Å². The molecule has 1 heterocycles. The molecule has 0 aromatic carbocycles. The first kappa shape index (κ1) is 22.8. The van der Waals surface area contributed by atoms with Crippen molar-refractivity contribution in [2.24, 2.45) is 17.8 Å². The largest absolute Gasteiger partial charge is 0.469 e. The summed E-state index contributed by atoms with van der Waals surface area (Å²) in [5, 5.41) is 0. The van der Waals surface area contributed by atoms with Gasteiger partial charge in [0.2, 0.25) is 0 Å². The lowest BCUT2D eigenvalue weighted by molar-refractivity contribution is -0.170. The number of ether oxygens (including phenoxy) is 3. The van der Waals surface area contributed by atoms with Crippen molar-refractivity contribution in [2.75, 3.05) is 40.0 Å². The van der Waals surface area contributed by atoms with Gasteiger partial charge in [-0.25, -0.2) is 4.79 Å². The summed E-state index contributed by atoms with van der Waals surface area (Å²) in [5.41, 5.74) is -0.595. The van der Waals surface area contributed by atoms with E-state index >= 15 is 0 Å². The van der Waals surface area contributed by atoms with E-state index in [2.05, 4.69) is 0 Å². The van der Waals surface area contributed by atoms with Crippen LogP contribution in [-0.4, -0.2) is 79.4 Å². The van der Waals surface area contributed by atoms with E-state index in [9.17, 15) is 14.4 Å². The molecule has 3 atom stereocenters. The minimum Gasteiger partial charge on any atom is -0.469 e. The molecule has 0 aromatic heterocycles. The Kier molecular flexibility index (Phi) is 7.26. The third kappa shape index (κ3) is 5.86. The molecule has 8 nitrogen and oxygen atoms in total. The van der Waals surface area contributed by atoms with E-state index < -0.39 is 17.4 Å². The highest BCUT2D eigenvalue weighted by atomic mass is 16.6. The number of methoxy groups -OCH3 is 1. The molecule has 0 spiro atoms. The van der Waals surface area contributed by atoms with Gasteiger partial charge in [0.15, 0.2) is 0 Å². The maximum Gasteiger partial charge on any atom is 0.320 e. The third-order valence-corrected chi connectivity index (χ3v) is 6.14. The van der Waals surface area contributed by atoms with Crippen LogP contribution in [0.2, 0.25) is 0 Å². The van der Waals surface area contributed by atoms with Crippen molar-refractivity contribution in [3.05, 3.63) is 0 Å². The Morgan fingerprint density at radius 1 is 1.00 bits per heavy atom. The van der Waals surface area contributed by atoms with Crippen LogP contribution in [0.1, 0.15) is 52.9 Å². The Morgan fingerprint density at radius 3 is 2.23 bits per heavy atom. The van der Waals surface area contributed by atoms with Crippen molar-refractivity contribution in [3.63, 3.8) is 0 Å². The Hall–Kier alpha value is -1.83. The van der Waals surface area contributed by atoms with Crippen molar-refractivity contribution in [1.82, 2.24) is 9.80 Å². The average molecular weight is 425 g/mol. The minimum absolute atomic E-state index is 0.0738. The lowest BCUT2D eigenvalue weighted by atomic mass is 9.73. The molecule has 2 saturated carbocycles. The van der Waals surface area contributed by atoms with Crippen molar-refractivity contribution in [2.45, 2.75) is 64.5 Å². The van der Waals surface area contributed by atoms with E-state index in [4.69, 9.17) is 14.2 Å². The number of amides is 2. The molecule has 1 saturated heterocycles. The molecule has 8 heteroatoms. The zero-order valence-electron chi connectivity index (χ0n) is 18.7. The van der Waals surface area contributed by atoms with Crippen LogP contribution in [0.3, 0.4) is 0 Å². The minimum atomic E-state index is -0.595. The topological polar surface area (TPSA) is 85.4 Å². The van der Waals surface area contributed by atoms with Crippen LogP contribution >= 0.6 is 0 Å². The van der Waals surface area contributed by atoms with E-state index in [0.717, 1.165) is 19.3 Å². The number of hydrogen-bond donors (Lipinski definition) is 0. The Bertz CT molecular complexity index is 636. The van der Waals surface area contributed by atoms with E-state index in [0.29, 0.717) is 51.7 Å². The van der Waals surface area contributed by atoms with Gasteiger partial charge in [0.05, 0.1) is 32.2 Å². The quantitative estimate of drug-likeness (QED) is 0.630. The summed E-state index contributed by atoms with van der Waals surface area (Å²) in [5.74, 6) is -1.55. The second-order valence-electron chi connectivity index (χ2n) is 9.71. The molecule has 0 radical (unpaired) electrons. The van der Waals surface area contributed by atoms with Crippen LogP contribution in [0.5, 0.6) is 0 Å². The zero-order valence-corrected chi connectivity index (χ0v) is 18.7. The Morgan fingerprint density at radius 2 is 1.67 bits per heavy atom. The van der Waals surface area contributed by atoms with Crippen LogP contribution in [-0.2, 0) is 23.8 Å². The fourth-order valence-corrected chi connectivity index (χ4v) is 4.48. The summed E-state index contributed by atoms with van der Waals surface area (Å²) in [6.07, 6.45) is 3.96. The average Bonchev–Trinajstić information content (AvgIpc) is 3.55. The maximum absolute atomic E-state index is 13.1. The number of urea groups is 1. The fraction of sp³-hybridized carbons (Fsp3) is 0.864. The van der Waals surface area contributed by atoms with Crippen molar-refractivity contribution in [1.29, 1.82) is 0 Å². The lowest BCUT2D eigenvalue weighted by Crippen LogP contribution is -2.51. The first-order valence-corrected chi connectivity index (χ1v) is 11.1. The van der Waals surface area contributed by atoms with Gasteiger partial charge in [0.1, 0.15) is 5.60 Å². The third-order valence-electron chi connectivity index (χ3n) is 6.14. The molecule has 2 amide bonds. The molecule has 1 aliphatic heterocycles. The molecule has 3 rings (SSSR count). The molecule has 0 N–H and O–H groups in total. The molecule has 3 aliphatic rings. The molecule has 2 aliphatic carbocycles. The molecular formula is C22H36N2O6. The maximum atomic E-state index is 13.1. The highest BCUT2D eigenvalue weighted by Gasteiger charge is 2.44. The van der Waals surface area contributed by atoms with Crippen molar-refractivity contribution >= 4 is 18.0 Å². The van der Waals surface area contributed by atoms with Gasteiger partial charge in [-0.15, -0.1) is 0 Å². The van der Waals surface area contributed by atoms with E-state index in [1.165, 1.54) is 7.11 Å². The predicted molar refractivity (Wildman–Crippen MR) is 110 cm³/mol. The van der Waals surface area contributed by atoms with Gasteiger partial charge in [0, 0.05) is 25.7 Å². The first-order chi connectivity index (χ1) is 14.2. The summed E-state index contributed by atoms with van der Waals surface area (Å²) in [4.78, 5) is 42.1. The van der Waals surface area contributed by atoms with Gasteiger partial charge in [0.25, 0.3) is 0 Å². The SMILES string of the molecule is COC(=O)[C@H]1CC(CN(C(=O)N2CCOCC2)C2CC2)CC[C@@H]1C(=O)OC(C)(C)C. The van der Waals surface area contributed by atoms with Gasteiger partial charge in [-0.2, -0.15) is 0 Å². The summed E-state index contributed by atoms with van der Waals surface area (Å²) in [6.45, 7) is 8.51. The highest BCUT2D eigenvalue weighted by molar-refractivity contribution is 5.82. The monoisotopic (exact) mass is 424 g/mol. The second-order valence-corrected chi connectivity index (χ2v) is 9.71. The zero-order chi connectivity index (χ0) is 21.9. The Balaban J connectivity index is 1.65. The summed E-state index contributed by atoms with van der Waals surface area (Å²) in [6, 6.07) is 0.366. The fourth-order valence-electron chi connectivity index (χ4n) is 4.48. The molecule has 3 fully saturated rings. The van der Waals surface area contributed by atoms with Gasteiger partial charge in [-0.3, -0.25) is 9.59 Å². The molecule has 30 heavy (non-hydrogen) atoms. The van der Waals surface area contributed by atoms with Gasteiger partial charge in [-0.05, 0) is 58.8 Å². The van der Waals surface area contributed by atoms with Crippen LogP contribution < -0.4 is 0 Å². The van der Waals surface area contributed by atoms with Gasteiger partial charge in [-0.1, -0.05) is 0 Å². The summed E-state index contributed by atoms with van der Waals surface area (Å²) < 4.78 is 15.9. The number of morpholine rings is 1. The van der Waals surface area contributed by atoms with E-state index in [1.807, 2.05) is 30.6 Å². The number of carbonyl (C=O) groups is 3. The van der Waals surface area contributed by atoms with Crippen molar-refractivity contribution in [3.8, 4) is 0 Å². The molecule has 0 bridgehead atoms. The number of esters is 2. The van der Waals surface area contributed by atoms with E-state index in [1.54, 1.807) is 0 Å². The Labute approximate surface area is 179 Å². The van der Waals surface area contributed by atoms with Crippen LogP contribution in [0.15, 0.2) is 0 Å². The number of carbonyl (C=O) groups excluding carboxylic acids is 3. The smallest absolute Gasteiger partial charge is 0.320 e. The number of nitrogens with zero attached hydrogens (tertiary/aromatic N) is 2. The lowest BCUT2D eigenvalue weighted by Gasteiger charge is -2.38. The first-order valence-electron chi connectivity index (χ1n) is 11.1.